The predicted molar refractivity (Wildman–Crippen MR) is 127 cm³/mol. The first-order valence-electron chi connectivity index (χ1n) is 11.4. The van der Waals surface area contributed by atoms with Crippen LogP contribution in [0.4, 0.5) is 18.9 Å². The van der Waals surface area contributed by atoms with Crippen LogP contribution in [-0.4, -0.2) is 12.5 Å². The third-order valence-electron chi connectivity index (χ3n) is 6.37. The van der Waals surface area contributed by atoms with Gasteiger partial charge in [0.05, 0.1) is 17.9 Å². The summed E-state index contributed by atoms with van der Waals surface area (Å²) in [5.41, 5.74) is 2.60. The molecule has 4 rings (SSSR count). The molecule has 0 bridgehead atoms. The lowest BCUT2D eigenvalue weighted by molar-refractivity contribution is -0.136. The maximum atomic E-state index is 13.6. The molecule has 1 aliphatic rings. The number of benzene rings is 3. The zero-order valence-electron chi connectivity index (χ0n) is 19.5. The van der Waals surface area contributed by atoms with E-state index in [0.717, 1.165) is 30.0 Å². The van der Waals surface area contributed by atoms with Crippen LogP contribution in [0.15, 0.2) is 60.7 Å². The molecule has 0 aromatic heterocycles. The van der Waals surface area contributed by atoms with Gasteiger partial charge in [0.2, 0.25) is 0 Å². The molecule has 0 aliphatic heterocycles. The number of ether oxygens (including phenoxy) is 1. The molecule has 3 aromatic carbocycles. The van der Waals surface area contributed by atoms with E-state index in [0.29, 0.717) is 35.0 Å². The second-order valence-electron chi connectivity index (χ2n) is 9.09. The van der Waals surface area contributed by atoms with Crippen LogP contribution in [0.25, 0.3) is 0 Å². The van der Waals surface area contributed by atoms with Gasteiger partial charge < -0.3 is 10.1 Å². The summed E-state index contributed by atoms with van der Waals surface area (Å²) in [4.78, 5) is 13.1. The van der Waals surface area contributed by atoms with E-state index in [4.69, 9.17) is 4.74 Å². The van der Waals surface area contributed by atoms with E-state index >= 15 is 0 Å². The van der Waals surface area contributed by atoms with Crippen molar-refractivity contribution in [2.75, 3.05) is 11.9 Å². The Balaban J connectivity index is 1.52. The van der Waals surface area contributed by atoms with Crippen molar-refractivity contribution in [1.29, 1.82) is 0 Å². The molecule has 0 spiro atoms. The van der Waals surface area contributed by atoms with Gasteiger partial charge in [0, 0.05) is 12.0 Å². The van der Waals surface area contributed by atoms with Gasteiger partial charge in [-0.1, -0.05) is 43.3 Å². The summed E-state index contributed by atoms with van der Waals surface area (Å²) in [5.74, 6) is 0.758. The van der Waals surface area contributed by atoms with Gasteiger partial charge in [0.15, 0.2) is 0 Å². The second-order valence-corrected chi connectivity index (χ2v) is 9.09. The topological polar surface area (TPSA) is 38.3 Å². The van der Waals surface area contributed by atoms with Crippen LogP contribution in [0.3, 0.4) is 0 Å². The molecule has 1 N–H and O–H groups in total. The molecule has 1 amide bonds. The molecule has 1 saturated carbocycles. The number of rotatable bonds is 7. The van der Waals surface area contributed by atoms with E-state index in [1.165, 1.54) is 12.1 Å². The Kier molecular flexibility index (Phi) is 6.69. The number of carbonyl (C=O) groups excluding carboxylic acids is 1. The van der Waals surface area contributed by atoms with E-state index in [2.05, 4.69) is 12.2 Å². The molecule has 3 aromatic rings. The fourth-order valence-corrected chi connectivity index (χ4v) is 4.41. The molecule has 0 saturated heterocycles. The predicted octanol–water partition coefficient (Wildman–Crippen LogP) is 7.32. The van der Waals surface area contributed by atoms with Gasteiger partial charge >= 0.3 is 6.18 Å². The number of hydrogen-bond acceptors (Lipinski definition) is 2. The van der Waals surface area contributed by atoms with Gasteiger partial charge in [-0.05, 0) is 78.6 Å². The molecular weight excluding hydrogens is 439 g/mol. The summed E-state index contributed by atoms with van der Waals surface area (Å²) < 4.78 is 46.7. The number of hydrogen-bond donors (Lipinski definition) is 1. The molecule has 34 heavy (non-hydrogen) atoms. The van der Waals surface area contributed by atoms with E-state index in [-0.39, 0.29) is 11.6 Å². The van der Waals surface area contributed by atoms with Crippen molar-refractivity contribution in [3.8, 4) is 5.75 Å². The van der Waals surface area contributed by atoms with Crippen LogP contribution in [0.5, 0.6) is 5.75 Å². The third kappa shape index (κ3) is 5.44. The molecule has 1 fully saturated rings. The van der Waals surface area contributed by atoms with Gasteiger partial charge in [0.1, 0.15) is 5.75 Å². The second kappa shape index (κ2) is 9.53. The van der Waals surface area contributed by atoms with Gasteiger partial charge in [-0.15, -0.1) is 0 Å². The summed E-state index contributed by atoms with van der Waals surface area (Å²) in [5, 5.41) is 2.54. The molecule has 6 heteroatoms. The normalized spacial score (nSPS) is 17.4. The Morgan fingerprint density at radius 2 is 1.68 bits per heavy atom. The quantitative estimate of drug-likeness (QED) is 0.395. The highest BCUT2D eigenvalue weighted by atomic mass is 19.4. The number of halogens is 3. The van der Waals surface area contributed by atoms with Crippen molar-refractivity contribution >= 4 is 11.6 Å². The first-order valence-corrected chi connectivity index (χ1v) is 11.4. The van der Waals surface area contributed by atoms with Crippen LogP contribution in [0, 0.1) is 19.8 Å². The van der Waals surface area contributed by atoms with Crippen molar-refractivity contribution in [3.05, 3.63) is 94.0 Å². The highest BCUT2D eigenvalue weighted by Gasteiger charge is 2.38. The Hall–Kier alpha value is -3.28. The van der Waals surface area contributed by atoms with Crippen LogP contribution >= 0.6 is 0 Å². The van der Waals surface area contributed by atoms with Crippen molar-refractivity contribution in [2.24, 2.45) is 5.92 Å². The Morgan fingerprint density at radius 3 is 2.26 bits per heavy atom. The molecule has 3 nitrogen and oxygen atoms in total. The number of amides is 1. The Morgan fingerprint density at radius 1 is 1.03 bits per heavy atom. The first-order chi connectivity index (χ1) is 16.1. The van der Waals surface area contributed by atoms with Crippen LogP contribution in [0.1, 0.15) is 57.4 Å². The van der Waals surface area contributed by atoms with Gasteiger partial charge in [-0.2, -0.15) is 13.2 Å². The molecule has 0 radical (unpaired) electrons. The monoisotopic (exact) mass is 467 g/mol. The fraction of sp³-hybridized carbons (Fsp3) is 0.321. The van der Waals surface area contributed by atoms with E-state index in [9.17, 15) is 18.0 Å². The van der Waals surface area contributed by atoms with Crippen molar-refractivity contribution in [3.63, 3.8) is 0 Å². The minimum Gasteiger partial charge on any atom is -0.493 e. The standard InChI is InChI=1S/C28H28F3NO2/c1-17-15-23(17)21-9-10-24(28(29,30)31)25(16-21)32-27(33)26-18(2)13-22(14-19(26)3)34-12-11-20-7-5-4-6-8-20/h4-10,13-14,16-17,23H,11-12,15H2,1-3H3,(H,32,33)/t17-,23-/m0/s1. The lowest BCUT2D eigenvalue weighted by atomic mass is 10.00. The lowest BCUT2D eigenvalue weighted by Crippen LogP contribution is -2.19. The van der Waals surface area contributed by atoms with Crippen LogP contribution < -0.4 is 10.1 Å². The largest absolute Gasteiger partial charge is 0.493 e. The number of nitrogens with one attached hydrogen (secondary N) is 1. The lowest BCUT2D eigenvalue weighted by Gasteiger charge is -2.17. The fourth-order valence-electron chi connectivity index (χ4n) is 4.41. The van der Waals surface area contributed by atoms with Crippen molar-refractivity contribution < 1.29 is 22.7 Å². The molecular formula is C28H28F3NO2. The zero-order valence-corrected chi connectivity index (χ0v) is 19.5. The maximum Gasteiger partial charge on any atom is 0.418 e. The van der Waals surface area contributed by atoms with Crippen LogP contribution in [0.2, 0.25) is 0 Å². The summed E-state index contributed by atoms with van der Waals surface area (Å²) in [7, 11) is 0. The smallest absolute Gasteiger partial charge is 0.418 e. The first kappa shape index (κ1) is 23.9. The molecule has 178 valence electrons. The Bertz CT molecular complexity index is 1160. The molecule has 0 heterocycles. The van der Waals surface area contributed by atoms with Gasteiger partial charge in [-0.25, -0.2) is 0 Å². The average molecular weight is 468 g/mol. The Labute approximate surface area is 198 Å². The van der Waals surface area contributed by atoms with Gasteiger partial charge in [-0.3, -0.25) is 4.79 Å². The number of alkyl halides is 3. The summed E-state index contributed by atoms with van der Waals surface area (Å²) in [6.45, 7) is 6.07. The molecule has 1 aliphatic carbocycles. The summed E-state index contributed by atoms with van der Waals surface area (Å²) >= 11 is 0. The van der Waals surface area contributed by atoms with E-state index in [1.807, 2.05) is 30.3 Å². The van der Waals surface area contributed by atoms with Gasteiger partial charge in [0.25, 0.3) is 5.91 Å². The van der Waals surface area contributed by atoms with Crippen molar-refractivity contribution in [1.82, 2.24) is 0 Å². The zero-order chi connectivity index (χ0) is 24.5. The minimum absolute atomic E-state index is 0.198. The van der Waals surface area contributed by atoms with Crippen molar-refractivity contribution in [2.45, 2.75) is 45.7 Å². The average Bonchev–Trinajstić information content (AvgIpc) is 3.50. The number of carbonyl (C=O) groups is 1. The third-order valence-corrected chi connectivity index (χ3v) is 6.37. The van der Waals surface area contributed by atoms with E-state index in [1.54, 1.807) is 26.0 Å². The highest BCUT2D eigenvalue weighted by molar-refractivity contribution is 6.06. The molecule has 0 unspecified atom stereocenters. The maximum absolute atomic E-state index is 13.6. The minimum atomic E-state index is -4.56. The molecule has 2 atom stereocenters. The number of aryl methyl sites for hydroxylation is 2. The summed E-state index contributed by atoms with van der Waals surface area (Å²) in [6.07, 6.45) is -2.86. The summed E-state index contributed by atoms with van der Waals surface area (Å²) in [6, 6.07) is 17.5. The number of anilines is 1. The van der Waals surface area contributed by atoms with E-state index < -0.39 is 17.6 Å². The van der Waals surface area contributed by atoms with Crippen LogP contribution in [-0.2, 0) is 12.6 Å². The SMILES string of the molecule is Cc1cc(OCCc2ccccc2)cc(C)c1C(=O)Nc1cc([C@H]2C[C@@H]2C)ccc1C(F)(F)F. The highest BCUT2D eigenvalue weighted by Crippen LogP contribution is 2.48.